The maximum atomic E-state index is 11.2. The highest BCUT2D eigenvalue weighted by molar-refractivity contribution is 5.89. The number of aromatic carboxylic acids is 1. The minimum Gasteiger partial charge on any atom is -0.478 e. The van der Waals surface area contributed by atoms with Crippen molar-refractivity contribution in [3.05, 3.63) is 52.8 Å². The van der Waals surface area contributed by atoms with Crippen LogP contribution in [0, 0.1) is 0 Å². The summed E-state index contributed by atoms with van der Waals surface area (Å²) in [5.41, 5.74) is 3.32. The van der Waals surface area contributed by atoms with Crippen molar-refractivity contribution in [2.45, 2.75) is 33.2 Å². The zero-order valence-corrected chi connectivity index (χ0v) is 11.3. The molecule has 1 aromatic heterocycles. The van der Waals surface area contributed by atoms with Crippen LogP contribution in [0.25, 0.3) is 0 Å². The van der Waals surface area contributed by atoms with Crippen LogP contribution in [-0.4, -0.2) is 20.9 Å². The predicted octanol–water partition coefficient (Wildman–Crippen LogP) is 2.75. The Morgan fingerprint density at radius 2 is 2.00 bits per heavy atom. The van der Waals surface area contributed by atoms with Crippen LogP contribution in [0.5, 0.6) is 0 Å². The third kappa shape index (κ3) is 2.84. The molecule has 0 amide bonds. The summed E-state index contributed by atoms with van der Waals surface area (Å²) in [6.45, 7) is 4.65. The molecule has 0 saturated carbocycles. The van der Waals surface area contributed by atoms with Gasteiger partial charge in [0.15, 0.2) is 0 Å². The maximum Gasteiger partial charge on any atom is 0.336 e. The largest absolute Gasteiger partial charge is 0.478 e. The second-order valence-electron chi connectivity index (χ2n) is 4.45. The third-order valence-corrected chi connectivity index (χ3v) is 3.21. The first-order valence-electron chi connectivity index (χ1n) is 6.52. The Hall–Kier alpha value is -2.10. The summed E-state index contributed by atoms with van der Waals surface area (Å²) in [4.78, 5) is 11.2. The van der Waals surface area contributed by atoms with Crippen molar-refractivity contribution in [2.75, 3.05) is 0 Å². The van der Waals surface area contributed by atoms with E-state index in [4.69, 9.17) is 0 Å². The summed E-state index contributed by atoms with van der Waals surface area (Å²) in [6, 6.07) is 9.17. The van der Waals surface area contributed by atoms with Gasteiger partial charge in [0.1, 0.15) is 0 Å². The molecular formula is C15H18N2O2. The summed E-state index contributed by atoms with van der Waals surface area (Å²) < 4.78 is 1.90. The molecule has 0 spiro atoms. The summed E-state index contributed by atoms with van der Waals surface area (Å²) in [5, 5.41) is 13.7. The van der Waals surface area contributed by atoms with E-state index in [2.05, 4.69) is 25.0 Å². The zero-order chi connectivity index (χ0) is 13.8. The van der Waals surface area contributed by atoms with Crippen LogP contribution in [0.15, 0.2) is 30.3 Å². The summed E-state index contributed by atoms with van der Waals surface area (Å²) in [5.74, 6) is -0.892. The smallest absolute Gasteiger partial charge is 0.336 e. The van der Waals surface area contributed by atoms with Gasteiger partial charge in [-0.25, -0.2) is 4.79 Å². The van der Waals surface area contributed by atoms with Gasteiger partial charge in [0.05, 0.1) is 17.8 Å². The Labute approximate surface area is 112 Å². The molecule has 0 radical (unpaired) electrons. The number of benzene rings is 1. The van der Waals surface area contributed by atoms with Gasteiger partial charge in [-0.3, -0.25) is 4.68 Å². The van der Waals surface area contributed by atoms with E-state index >= 15 is 0 Å². The molecule has 0 aliphatic heterocycles. The van der Waals surface area contributed by atoms with Gasteiger partial charge >= 0.3 is 5.97 Å². The number of carboxylic acids is 1. The lowest BCUT2D eigenvalue weighted by molar-refractivity contribution is 0.0695. The topological polar surface area (TPSA) is 55.1 Å². The molecule has 2 rings (SSSR count). The maximum absolute atomic E-state index is 11.2. The van der Waals surface area contributed by atoms with Crippen LogP contribution in [0.2, 0.25) is 0 Å². The molecule has 0 unspecified atom stereocenters. The molecule has 0 aliphatic rings. The fraction of sp³-hybridized carbons (Fsp3) is 0.333. The van der Waals surface area contributed by atoms with Gasteiger partial charge in [0, 0.05) is 5.69 Å². The second-order valence-corrected chi connectivity index (χ2v) is 4.45. The Balaban J connectivity index is 2.35. The minimum absolute atomic E-state index is 0.345. The lowest BCUT2D eigenvalue weighted by Gasteiger charge is -2.08. The van der Waals surface area contributed by atoms with E-state index in [-0.39, 0.29) is 0 Å². The number of carboxylic acid groups (broad SMARTS) is 1. The number of hydrogen-bond donors (Lipinski definition) is 1. The first kappa shape index (κ1) is 13.3. The van der Waals surface area contributed by atoms with Crippen molar-refractivity contribution < 1.29 is 9.90 Å². The second kappa shape index (κ2) is 5.69. The van der Waals surface area contributed by atoms with Gasteiger partial charge in [-0.1, -0.05) is 32.0 Å². The molecular weight excluding hydrogens is 240 g/mol. The molecule has 0 bridgehead atoms. The van der Waals surface area contributed by atoms with E-state index in [1.54, 1.807) is 12.1 Å². The fourth-order valence-corrected chi connectivity index (χ4v) is 2.14. The minimum atomic E-state index is -0.892. The molecule has 1 N–H and O–H groups in total. The quantitative estimate of drug-likeness (QED) is 0.897. The van der Waals surface area contributed by atoms with Crippen molar-refractivity contribution in [3.63, 3.8) is 0 Å². The molecule has 0 fully saturated rings. The number of nitrogens with zero attached hydrogens (tertiary/aromatic N) is 2. The molecule has 4 heteroatoms. The molecule has 0 aliphatic carbocycles. The third-order valence-electron chi connectivity index (χ3n) is 3.21. The molecule has 1 heterocycles. The van der Waals surface area contributed by atoms with Crippen LogP contribution >= 0.6 is 0 Å². The first-order valence-corrected chi connectivity index (χ1v) is 6.52. The van der Waals surface area contributed by atoms with E-state index in [0.717, 1.165) is 29.8 Å². The van der Waals surface area contributed by atoms with Gasteiger partial charge in [-0.05, 0) is 30.5 Å². The average Bonchev–Trinajstić information content (AvgIpc) is 2.81. The van der Waals surface area contributed by atoms with E-state index < -0.39 is 5.97 Å². The number of aromatic nitrogens is 2. The van der Waals surface area contributed by atoms with E-state index in [0.29, 0.717) is 12.1 Å². The van der Waals surface area contributed by atoms with E-state index in [9.17, 15) is 9.90 Å². The molecule has 2 aromatic rings. The van der Waals surface area contributed by atoms with Crippen LogP contribution < -0.4 is 0 Å². The highest BCUT2D eigenvalue weighted by Gasteiger charge is 2.12. The van der Waals surface area contributed by atoms with Crippen molar-refractivity contribution in [2.24, 2.45) is 0 Å². The highest BCUT2D eigenvalue weighted by atomic mass is 16.4. The summed E-state index contributed by atoms with van der Waals surface area (Å²) >= 11 is 0. The average molecular weight is 258 g/mol. The lowest BCUT2D eigenvalue weighted by atomic mass is 10.1. The molecule has 1 aromatic carbocycles. The van der Waals surface area contributed by atoms with Gasteiger partial charge < -0.3 is 5.11 Å². The van der Waals surface area contributed by atoms with Crippen molar-refractivity contribution in [1.29, 1.82) is 0 Å². The SMILES string of the molecule is CCc1cc(CC)n(Cc2ccccc2C(=O)O)n1. The van der Waals surface area contributed by atoms with Crippen molar-refractivity contribution in [3.8, 4) is 0 Å². The number of rotatable bonds is 5. The van der Waals surface area contributed by atoms with E-state index in [1.807, 2.05) is 16.8 Å². The first-order chi connectivity index (χ1) is 9.15. The normalized spacial score (nSPS) is 10.6. The molecule has 0 atom stereocenters. The molecule has 100 valence electrons. The Morgan fingerprint density at radius 3 is 2.63 bits per heavy atom. The zero-order valence-electron chi connectivity index (χ0n) is 11.3. The monoisotopic (exact) mass is 258 g/mol. The van der Waals surface area contributed by atoms with Gasteiger partial charge in [-0.15, -0.1) is 0 Å². The van der Waals surface area contributed by atoms with E-state index in [1.165, 1.54) is 0 Å². The standard InChI is InChI=1S/C15H18N2O2/c1-3-12-9-13(4-2)17(16-12)10-11-7-5-6-8-14(11)15(18)19/h5-9H,3-4,10H2,1-2H3,(H,18,19). The van der Waals surface area contributed by atoms with Gasteiger partial charge in [0.2, 0.25) is 0 Å². The van der Waals surface area contributed by atoms with Crippen molar-refractivity contribution >= 4 is 5.97 Å². The Bertz CT molecular complexity index is 588. The number of hydrogen-bond acceptors (Lipinski definition) is 2. The van der Waals surface area contributed by atoms with Gasteiger partial charge in [-0.2, -0.15) is 5.10 Å². The highest BCUT2D eigenvalue weighted by Crippen LogP contribution is 2.14. The van der Waals surface area contributed by atoms with Crippen LogP contribution in [0.4, 0.5) is 0 Å². The number of aryl methyl sites for hydroxylation is 2. The molecule has 19 heavy (non-hydrogen) atoms. The Morgan fingerprint density at radius 1 is 1.26 bits per heavy atom. The summed E-state index contributed by atoms with van der Waals surface area (Å²) in [7, 11) is 0. The molecule has 4 nitrogen and oxygen atoms in total. The lowest BCUT2D eigenvalue weighted by Crippen LogP contribution is -2.10. The van der Waals surface area contributed by atoms with Crippen LogP contribution in [-0.2, 0) is 19.4 Å². The van der Waals surface area contributed by atoms with Crippen molar-refractivity contribution in [1.82, 2.24) is 9.78 Å². The summed E-state index contributed by atoms with van der Waals surface area (Å²) in [6.07, 6.45) is 1.78. The number of carbonyl (C=O) groups is 1. The fourth-order valence-electron chi connectivity index (χ4n) is 2.14. The van der Waals surface area contributed by atoms with Gasteiger partial charge in [0.25, 0.3) is 0 Å². The van der Waals surface area contributed by atoms with Crippen LogP contribution in [0.3, 0.4) is 0 Å². The predicted molar refractivity (Wildman–Crippen MR) is 73.5 cm³/mol. The van der Waals surface area contributed by atoms with Crippen LogP contribution in [0.1, 0.15) is 41.2 Å². The molecule has 0 saturated heterocycles. The Kier molecular flexibility index (Phi) is 4.00.